The van der Waals surface area contributed by atoms with Gasteiger partial charge in [0.25, 0.3) is 5.91 Å². The van der Waals surface area contributed by atoms with Gasteiger partial charge in [0.15, 0.2) is 0 Å². The van der Waals surface area contributed by atoms with Crippen molar-refractivity contribution in [3.8, 4) is 21.7 Å². The number of pyridine rings is 2. The SMILES string of the molecule is COC(=O)c1cc(-c2ccccc2)sc1NC(=O)c1cc(-c2cccnc2)nc2ccccc12. The summed E-state index contributed by atoms with van der Waals surface area (Å²) in [5.74, 6) is -0.847. The fourth-order valence-electron chi connectivity index (χ4n) is 3.69. The highest BCUT2D eigenvalue weighted by atomic mass is 32.1. The van der Waals surface area contributed by atoms with Gasteiger partial charge in [0.1, 0.15) is 5.00 Å². The van der Waals surface area contributed by atoms with Crippen molar-refractivity contribution >= 4 is 39.1 Å². The second-order valence-corrected chi connectivity index (χ2v) is 8.53. The molecule has 0 aliphatic carbocycles. The predicted molar refractivity (Wildman–Crippen MR) is 134 cm³/mol. The number of methoxy groups -OCH3 is 1. The number of benzene rings is 2. The molecular formula is C27H19N3O3S. The lowest BCUT2D eigenvalue weighted by atomic mass is 10.0. The van der Waals surface area contributed by atoms with Crippen LogP contribution in [0.15, 0.2) is 91.3 Å². The standard InChI is InChI=1S/C27H19N3O3S/c1-33-27(32)21-15-24(17-8-3-2-4-9-17)34-26(21)30-25(31)20-14-23(18-10-7-13-28-16-18)29-22-12-6-5-11-19(20)22/h2-16H,1H3,(H,30,31). The molecule has 7 heteroatoms. The maximum atomic E-state index is 13.5. The van der Waals surface area contributed by atoms with Gasteiger partial charge in [0.2, 0.25) is 0 Å². The monoisotopic (exact) mass is 465 g/mol. The molecule has 0 radical (unpaired) electrons. The molecule has 2 aromatic carbocycles. The van der Waals surface area contributed by atoms with Gasteiger partial charge in [-0.15, -0.1) is 11.3 Å². The van der Waals surface area contributed by atoms with Crippen LogP contribution < -0.4 is 5.32 Å². The van der Waals surface area contributed by atoms with Crippen molar-refractivity contribution in [2.75, 3.05) is 12.4 Å². The third-order valence-corrected chi connectivity index (χ3v) is 6.44. The van der Waals surface area contributed by atoms with Crippen LogP contribution >= 0.6 is 11.3 Å². The second-order valence-electron chi connectivity index (χ2n) is 7.48. The van der Waals surface area contributed by atoms with E-state index in [1.807, 2.05) is 66.7 Å². The minimum Gasteiger partial charge on any atom is -0.465 e. The first-order chi connectivity index (χ1) is 16.6. The zero-order valence-corrected chi connectivity index (χ0v) is 19.0. The molecule has 5 aromatic rings. The van der Waals surface area contributed by atoms with Gasteiger partial charge in [-0.25, -0.2) is 9.78 Å². The Labute approximate surface area is 199 Å². The van der Waals surface area contributed by atoms with Gasteiger partial charge in [-0.05, 0) is 35.9 Å². The van der Waals surface area contributed by atoms with E-state index < -0.39 is 5.97 Å². The number of amides is 1. The number of hydrogen-bond acceptors (Lipinski definition) is 6. The molecule has 0 unspecified atom stereocenters. The first-order valence-electron chi connectivity index (χ1n) is 10.5. The number of esters is 1. The van der Waals surface area contributed by atoms with Crippen LogP contribution in [0.3, 0.4) is 0 Å². The molecule has 6 nitrogen and oxygen atoms in total. The van der Waals surface area contributed by atoms with Gasteiger partial charge >= 0.3 is 5.97 Å². The number of thiophene rings is 1. The molecule has 0 bridgehead atoms. The Kier molecular flexibility index (Phi) is 5.84. The number of nitrogens with zero attached hydrogens (tertiary/aromatic N) is 2. The number of fused-ring (bicyclic) bond motifs is 1. The average molecular weight is 466 g/mol. The van der Waals surface area contributed by atoms with Crippen LogP contribution in [0.2, 0.25) is 0 Å². The first-order valence-corrected chi connectivity index (χ1v) is 11.3. The minimum absolute atomic E-state index is 0.311. The number of para-hydroxylation sites is 1. The molecule has 5 rings (SSSR count). The smallest absolute Gasteiger partial charge is 0.340 e. The summed E-state index contributed by atoms with van der Waals surface area (Å²) in [5.41, 5.74) is 3.85. The molecule has 1 N–H and O–H groups in total. The number of carbonyl (C=O) groups excluding carboxylic acids is 2. The maximum absolute atomic E-state index is 13.5. The van der Waals surface area contributed by atoms with E-state index in [0.717, 1.165) is 16.0 Å². The van der Waals surface area contributed by atoms with Crippen LogP contribution in [0.25, 0.3) is 32.6 Å². The van der Waals surface area contributed by atoms with Crippen molar-refractivity contribution in [1.29, 1.82) is 0 Å². The lowest BCUT2D eigenvalue weighted by Crippen LogP contribution is -2.14. The van der Waals surface area contributed by atoms with Crippen LogP contribution in [0.4, 0.5) is 5.00 Å². The number of carbonyl (C=O) groups is 2. The van der Waals surface area contributed by atoms with E-state index in [2.05, 4.69) is 10.3 Å². The molecular weight excluding hydrogens is 446 g/mol. The summed E-state index contributed by atoms with van der Waals surface area (Å²) < 4.78 is 4.96. The summed E-state index contributed by atoms with van der Waals surface area (Å²) >= 11 is 1.33. The fourth-order valence-corrected chi connectivity index (χ4v) is 4.73. The third kappa shape index (κ3) is 4.16. The molecule has 166 valence electrons. The first kappa shape index (κ1) is 21.5. The quantitative estimate of drug-likeness (QED) is 0.319. The molecule has 0 saturated heterocycles. The summed E-state index contributed by atoms with van der Waals surface area (Å²) in [4.78, 5) is 35.7. The van der Waals surface area contributed by atoms with Gasteiger partial charge in [0.05, 0.1) is 29.4 Å². The van der Waals surface area contributed by atoms with Gasteiger partial charge in [-0.1, -0.05) is 48.5 Å². The molecule has 3 heterocycles. The molecule has 0 saturated carbocycles. The number of ether oxygens (including phenoxy) is 1. The minimum atomic E-state index is -0.510. The van der Waals surface area contributed by atoms with E-state index in [1.165, 1.54) is 18.4 Å². The Morgan fingerprint density at radius 1 is 0.882 bits per heavy atom. The molecule has 3 aromatic heterocycles. The van der Waals surface area contributed by atoms with Crippen molar-refractivity contribution < 1.29 is 14.3 Å². The molecule has 0 aliphatic heterocycles. The Hall–Kier alpha value is -4.36. The normalized spacial score (nSPS) is 10.7. The number of anilines is 1. The Morgan fingerprint density at radius 2 is 1.65 bits per heavy atom. The van der Waals surface area contributed by atoms with Gasteiger partial charge in [-0.3, -0.25) is 9.78 Å². The fraction of sp³-hybridized carbons (Fsp3) is 0.0370. The van der Waals surface area contributed by atoms with E-state index in [9.17, 15) is 9.59 Å². The zero-order valence-electron chi connectivity index (χ0n) is 18.2. The largest absolute Gasteiger partial charge is 0.465 e. The molecule has 1 amide bonds. The van der Waals surface area contributed by atoms with Crippen LogP contribution in [0, 0.1) is 0 Å². The molecule has 0 spiro atoms. The number of aromatic nitrogens is 2. The summed E-state index contributed by atoms with van der Waals surface area (Å²) in [5, 5.41) is 4.08. The summed E-state index contributed by atoms with van der Waals surface area (Å²) in [6.07, 6.45) is 3.40. The lowest BCUT2D eigenvalue weighted by Gasteiger charge is -2.10. The van der Waals surface area contributed by atoms with Gasteiger partial charge < -0.3 is 10.1 Å². The average Bonchev–Trinajstić information content (AvgIpc) is 3.32. The summed E-state index contributed by atoms with van der Waals surface area (Å²) in [6, 6.07) is 24.4. The predicted octanol–water partition coefficient (Wildman–Crippen LogP) is 6.06. The molecule has 0 aliphatic rings. The van der Waals surface area contributed by atoms with Crippen LogP contribution in [-0.2, 0) is 4.74 Å². The molecule has 0 atom stereocenters. The number of hydrogen-bond donors (Lipinski definition) is 1. The highest BCUT2D eigenvalue weighted by molar-refractivity contribution is 7.20. The number of nitrogens with one attached hydrogen (secondary N) is 1. The Morgan fingerprint density at radius 3 is 2.41 bits per heavy atom. The summed E-state index contributed by atoms with van der Waals surface area (Å²) in [7, 11) is 1.32. The van der Waals surface area contributed by atoms with Crippen molar-refractivity contribution in [3.05, 3.63) is 102 Å². The van der Waals surface area contributed by atoms with Crippen LogP contribution in [-0.4, -0.2) is 29.0 Å². The van der Waals surface area contributed by atoms with E-state index >= 15 is 0 Å². The van der Waals surface area contributed by atoms with E-state index in [4.69, 9.17) is 9.72 Å². The lowest BCUT2D eigenvalue weighted by molar-refractivity contribution is 0.0602. The van der Waals surface area contributed by atoms with E-state index in [-0.39, 0.29) is 5.91 Å². The Balaban J connectivity index is 1.58. The highest BCUT2D eigenvalue weighted by Crippen LogP contribution is 2.36. The van der Waals surface area contributed by atoms with Crippen LogP contribution in [0.1, 0.15) is 20.7 Å². The third-order valence-electron chi connectivity index (χ3n) is 5.34. The van der Waals surface area contributed by atoms with Crippen molar-refractivity contribution in [3.63, 3.8) is 0 Å². The van der Waals surface area contributed by atoms with Crippen molar-refractivity contribution in [1.82, 2.24) is 9.97 Å². The number of rotatable bonds is 5. The van der Waals surface area contributed by atoms with Crippen molar-refractivity contribution in [2.45, 2.75) is 0 Å². The van der Waals surface area contributed by atoms with E-state index in [1.54, 1.807) is 24.5 Å². The highest BCUT2D eigenvalue weighted by Gasteiger charge is 2.21. The summed E-state index contributed by atoms with van der Waals surface area (Å²) in [6.45, 7) is 0. The van der Waals surface area contributed by atoms with Crippen molar-refractivity contribution in [2.24, 2.45) is 0 Å². The van der Waals surface area contributed by atoms with E-state index in [0.29, 0.717) is 32.7 Å². The topological polar surface area (TPSA) is 81.2 Å². The second kappa shape index (κ2) is 9.25. The zero-order chi connectivity index (χ0) is 23.5. The molecule has 0 fully saturated rings. The van der Waals surface area contributed by atoms with Gasteiger partial charge in [-0.2, -0.15) is 0 Å². The van der Waals surface area contributed by atoms with Gasteiger partial charge in [0, 0.05) is 28.2 Å². The van der Waals surface area contributed by atoms with Crippen LogP contribution in [0.5, 0.6) is 0 Å². The molecule has 34 heavy (non-hydrogen) atoms. The Bertz CT molecular complexity index is 1500. The maximum Gasteiger partial charge on any atom is 0.340 e.